The van der Waals surface area contributed by atoms with E-state index in [0.717, 1.165) is 12.3 Å². The molecule has 0 unspecified atom stereocenters. The molecule has 1 aromatic heterocycles. The maximum Gasteiger partial charge on any atom is 0.279 e. The Labute approximate surface area is 96.7 Å². The normalized spacial score (nSPS) is 11.4. The van der Waals surface area contributed by atoms with Gasteiger partial charge in [-0.15, -0.1) is 0 Å². The minimum atomic E-state index is -3.87. The van der Waals surface area contributed by atoms with Crippen LogP contribution in [0.2, 0.25) is 0 Å². The van der Waals surface area contributed by atoms with Crippen molar-refractivity contribution in [2.75, 3.05) is 10.5 Å². The van der Waals surface area contributed by atoms with E-state index in [-0.39, 0.29) is 16.4 Å². The summed E-state index contributed by atoms with van der Waals surface area (Å²) in [5.41, 5.74) is 5.49. The Morgan fingerprint density at radius 1 is 1.41 bits per heavy atom. The number of hydrogen-bond donors (Lipinski definition) is 3. The van der Waals surface area contributed by atoms with E-state index in [2.05, 4.69) is 14.7 Å². The number of anilines is 2. The molecule has 0 aliphatic heterocycles. The fourth-order valence-electron chi connectivity index (χ4n) is 1.21. The summed E-state index contributed by atoms with van der Waals surface area (Å²) in [7, 11) is -3.87. The van der Waals surface area contributed by atoms with Gasteiger partial charge in [-0.2, -0.15) is 8.42 Å². The number of nitrogens with one attached hydrogen (secondary N) is 2. The van der Waals surface area contributed by atoms with E-state index in [9.17, 15) is 12.8 Å². The van der Waals surface area contributed by atoms with Gasteiger partial charge in [-0.25, -0.2) is 9.37 Å². The molecule has 17 heavy (non-hydrogen) atoms. The quantitative estimate of drug-likeness (QED) is 0.711. The van der Waals surface area contributed by atoms with E-state index < -0.39 is 15.8 Å². The average molecular weight is 256 g/mol. The lowest BCUT2D eigenvalue weighted by molar-refractivity contribution is 0.596. The van der Waals surface area contributed by atoms with Crippen LogP contribution in [0.1, 0.15) is 0 Å². The minimum Gasteiger partial charge on any atom is -0.399 e. The number of H-pyrrole nitrogens is 1. The highest BCUT2D eigenvalue weighted by Gasteiger charge is 2.17. The highest BCUT2D eigenvalue weighted by atomic mass is 32.2. The summed E-state index contributed by atoms with van der Waals surface area (Å²) in [6.07, 6.45) is 2.33. The van der Waals surface area contributed by atoms with Gasteiger partial charge in [-0.3, -0.25) is 4.72 Å². The van der Waals surface area contributed by atoms with Gasteiger partial charge >= 0.3 is 0 Å². The summed E-state index contributed by atoms with van der Waals surface area (Å²) >= 11 is 0. The molecule has 0 saturated carbocycles. The molecular weight excluding hydrogens is 247 g/mol. The van der Waals surface area contributed by atoms with E-state index in [1.807, 2.05) is 0 Å². The van der Waals surface area contributed by atoms with Crippen LogP contribution in [0.4, 0.5) is 15.8 Å². The molecule has 8 heteroatoms. The first kappa shape index (κ1) is 11.4. The molecule has 0 fully saturated rings. The third kappa shape index (κ3) is 2.36. The van der Waals surface area contributed by atoms with Crippen LogP contribution in [0.25, 0.3) is 0 Å². The molecule has 1 aromatic carbocycles. The number of aromatic amines is 1. The molecule has 1 heterocycles. The summed E-state index contributed by atoms with van der Waals surface area (Å²) in [4.78, 5) is 5.99. The molecule has 2 rings (SSSR count). The van der Waals surface area contributed by atoms with Gasteiger partial charge in [0.2, 0.25) is 0 Å². The van der Waals surface area contributed by atoms with E-state index in [4.69, 9.17) is 5.73 Å². The fourth-order valence-corrected chi connectivity index (χ4v) is 2.17. The van der Waals surface area contributed by atoms with Crippen LogP contribution in [0.15, 0.2) is 35.7 Å². The topological polar surface area (TPSA) is 101 Å². The second-order valence-corrected chi connectivity index (χ2v) is 4.91. The Kier molecular flexibility index (Phi) is 2.72. The molecule has 0 spiro atoms. The molecule has 2 aromatic rings. The Balaban J connectivity index is 2.36. The van der Waals surface area contributed by atoms with Crippen molar-refractivity contribution >= 4 is 21.4 Å². The van der Waals surface area contributed by atoms with Crippen molar-refractivity contribution in [2.24, 2.45) is 0 Å². The number of sulfonamides is 1. The zero-order valence-electron chi connectivity index (χ0n) is 8.51. The number of halogens is 1. The maximum absolute atomic E-state index is 13.3. The third-order valence-electron chi connectivity index (χ3n) is 2.00. The summed E-state index contributed by atoms with van der Waals surface area (Å²) in [6, 6.07) is 3.62. The first-order valence-electron chi connectivity index (χ1n) is 4.55. The van der Waals surface area contributed by atoms with Gasteiger partial charge in [-0.05, 0) is 18.2 Å². The molecule has 0 amide bonds. The Bertz CT molecular complexity index is 624. The maximum atomic E-state index is 13.3. The molecule has 0 radical (unpaired) electrons. The largest absolute Gasteiger partial charge is 0.399 e. The van der Waals surface area contributed by atoms with Gasteiger partial charge in [0.05, 0.1) is 18.2 Å². The van der Waals surface area contributed by atoms with Gasteiger partial charge in [-0.1, -0.05) is 0 Å². The molecule has 90 valence electrons. The number of hydrogen-bond acceptors (Lipinski definition) is 4. The van der Waals surface area contributed by atoms with Gasteiger partial charge in [0, 0.05) is 5.69 Å². The van der Waals surface area contributed by atoms with Crippen molar-refractivity contribution in [3.63, 3.8) is 0 Å². The average Bonchev–Trinajstić information content (AvgIpc) is 2.77. The van der Waals surface area contributed by atoms with Crippen molar-refractivity contribution < 1.29 is 12.8 Å². The number of nitrogens with zero attached hydrogens (tertiary/aromatic N) is 1. The van der Waals surface area contributed by atoms with Crippen molar-refractivity contribution in [1.29, 1.82) is 0 Å². The predicted octanol–water partition coefficient (Wildman–Crippen LogP) is 0.932. The standard InChI is InChI=1S/C9H9FN4O2S/c10-7-2-1-6(11)3-8(7)14-17(15,16)9-4-12-5-13-9/h1-5,14H,11H2,(H,12,13). The molecule has 0 bridgehead atoms. The second kappa shape index (κ2) is 4.06. The number of aromatic nitrogens is 2. The summed E-state index contributed by atoms with van der Waals surface area (Å²) in [5.74, 6) is -0.706. The van der Waals surface area contributed by atoms with E-state index in [0.29, 0.717) is 0 Å². The molecular formula is C9H9FN4O2S. The van der Waals surface area contributed by atoms with Crippen LogP contribution >= 0.6 is 0 Å². The summed E-state index contributed by atoms with van der Waals surface area (Å²) < 4.78 is 38.9. The summed E-state index contributed by atoms with van der Waals surface area (Å²) in [5, 5.41) is -0.153. The molecule has 0 atom stereocenters. The number of benzene rings is 1. The molecule has 0 aliphatic carbocycles. The number of rotatable bonds is 3. The van der Waals surface area contributed by atoms with Crippen LogP contribution in [0.5, 0.6) is 0 Å². The first-order chi connectivity index (χ1) is 7.99. The van der Waals surface area contributed by atoms with Crippen molar-refractivity contribution in [2.45, 2.75) is 5.03 Å². The zero-order valence-corrected chi connectivity index (χ0v) is 9.33. The predicted molar refractivity (Wildman–Crippen MR) is 60.2 cm³/mol. The van der Waals surface area contributed by atoms with Crippen LogP contribution < -0.4 is 10.5 Å². The van der Waals surface area contributed by atoms with Crippen LogP contribution in [0.3, 0.4) is 0 Å². The number of imidazole rings is 1. The minimum absolute atomic E-state index is 0.153. The second-order valence-electron chi connectivity index (χ2n) is 3.26. The zero-order chi connectivity index (χ0) is 12.5. The Morgan fingerprint density at radius 3 is 2.82 bits per heavy atom. The van der Waals surface area contributed by atoms with Crippen LogP contribution in [0, 0.1) is 5.82 Å². The Morgan fingerprint density at radius 2 is 2.18 bits per heavy atom. The smallest absolute Gasteiger partial charge is 0.279 e. The Hall–Kier alpha value is -2.09. The first-order valence-corrected chi connectivity index (χ1v) is 6.03. The van der Waals surface area contributed by atoms with E-state index in [1.54, 1.807) is 0 Å². The van der Waals surface area contributed by atoms with E-state index in [1.165, 1.54) is 18.5 Å². The van der Waals surface area contributed by atoms with Crippen molar-refractivity contribution in [3.05, 3.63) is 36.5 Å². The third-order valence-corrected chi connectivity index (χ3v) is 3.29. The highest BCUT2D eigenvalue weighted by Crippen LogP contribution is 2.20. The lowest BCUT2D eigenvalue weighted by Crippen LogP contribution is -2.14. The highest BCUT2D eigenvalue weighted by molar-refractivity contribution is 7.92. The molecule has 0 saturated heterocycles. The van der Waals surface area contributed by atoms with Gasteiger partial charge < -0.3 is 10.7 Å². The molecule has 6 nitrogen and oxygen atoms in total. The van der Waals surface area contributed by atoms with Crippen LogP contribution in [-0.4, -0.2) is 18.4 Å². The molecule has 0 aliphatic rings. The van der Waals surface area contributed by atoms with Gasteiger partial charge in [0.15, 0.2) is 5.03 Å². The van der Waals surface area contributed by atoms with Gasteiger partial charge in [0.25, 0.3) is 10.0 Å². The lowest BCUT2D eigenvalue weighted by atomic mass is 10.3. The van der Waals surface area contributed by atoms with Gasteiger partial charge in [0.1, 0.15) is 5.82 Å². The monoisotopic (exact) mass is 256 g/mol. The number of nitrogens with two attached hydrogens (primary N) is 1. The van der Waals surface area contributed by atoms with Crippen molar-refractivity contribution in [1.82, 2.24) is 9.97 Å². The SMILES string of the molecule is Nc1ccc(F)c(NS(=O)(=O)c2cnc[nH]2)c1. The fraction of sp³-hybridized carbons (Fsp3) is 0. The summed E-state index contributed by atoms with van der Waals surface area (Å²) in [6.45, 7) is 0. The van der Waals surface area contributed by atoms with Crippen LogP contribution in [-0.2, 0) is 10.0 Å². The lowest BCUT2D eigenvalue weighted by Gasteiger charge is -2.07. The number of nitrogen functional groups attached to an aromatic ring is 1. The van der Waals surface area contributed by atoms with Crippen molar-refractivity contribution in [3.8, 4) is 0 Å². The van der Waals surface area contributed by atoms with E-state index >= 15 is 0 Å². The molecule has 4 N–H and O–H groups in total.